The number of anilines is 2. The zero-order valence-corrected chi connectivity index (χ0v) is 29.2. The minimum Gasteiger partial charge on any atom is -0.508 e. The maximum absolute atomic E-state index is 14.3. The summed E-state index contributed by atoms with van der Waals surface area (Å²) < 4.78 is 25.6. The number of fused-ring (bicyclic) bond motifs is 3. The number of nitrogens with zero attached hydrogens (tertiary/aromatic N) is 2. The van der Waals surface area contributed by atoms with Crippen LogP contribution in [0.5, 0.6) is 5.75 Å². The molecule has 0 spiro atoms. The summed E-state index contributed by atoms with van der Waals surface area (Å²) >= 11 is 0. The monoisotopic (exact) mass is 714 g/mol. The van der Waals surface area contributed by atoms with Crippen molar-refractivity contribution in [3.05, 3.63) is 70.0 Å². The molecule has 3 aliphatic rings. The highest BCUT2D eigenvalue weighted by molar-refractivity contribution is 7.54. The molecule has 50 heavy (non-hydrogen) atoms. The second-order valence-electron chi connectivity index (χ2n) is 12.8. The minimum atomic E-state index is -3.92. The number of nitrogens with two attached hydrogens (primary N) is 1. The van der Waals surface area contributed by atoms with Gasteiger partial charge in [-0.05, 0) is 63.9 Å². The number of aliphatic hydroxyl groups excluding tert-OH is 2. The summed E-state index contributed by atoms with van der Waals surface area (Å²) in [6.07, 6.45) is 0.0652. The first-order valence-corrected chi connectivity index (χ1v) is 17.6. The van der Waals surface area contributed by atoms with Crippen LogP contribution in [0.3, 0.4) is 0 Å². The topological polar surface area (TPSA) is 212 Å². The summed E-state index contributed by atoms with van der Waals surface area (Å²) in [6.45, 7) is 3.50. The Bertz CT molecular complexity index is 1800. The molecule has 0 saturated heterocycles. The SMILES string of the molecule is C.CCOP(=O)(OCC)C(Nc1cc(N(C)C)c2c(c1O)C(O)=C1C(=O)[C@]3(O)C(O)=C(C(N)=O)C(=O)[C@@H](N(C)C)[C@@H]3C[C@@H]1C2)c1ccccc1. The number of benzene rings is 2. The van der Waals surface area contributed by atoms with Crippen molar-refractivity contribution in [1.82, 2.24) is 4.90 Å². The Hall–Kier alpha value is -4.20. The van der Waals surface area contributed by atoms with Gasteiger partial charge in [0.2, 0.25) is 5.78 Å². The molecule has 0 heterocycles. The number of carbonyl (C=O) groups is 3. The van der Waals surface area contributed by atoms with Gasteiger partial charge in [-0.25, -0.2) is 0 Å². The van der Waals surface area contributed by atoms with Crippen LogP contribution in [0, 0.1) is 11.8 Å². The number of hydrogen-bond donors (Lipinski definition) is 6. The molecule has 15 heteroatoms. The van der Waals surface area contributed by atoms with Crippen LogP contribution in [-0.2, 0) is 34.4 Å². The van der Waals surface area contributed by atoms with Crippen molar-refractivity contribution in [2.24, 2.45) is 17.6 Å². The number of likely N-dealkylation sites (N-methyl/N-ethyl adjacent to an activating group) is 1. The second kappa shape index (κ2) is 14.2. The third-order valence-corrected chi connectivity index (χ3v) is 11.8. The number of aromatic hydroxyl groups is 1. The van der Waals surface area contributed by atoms with E-state index in [0.29, 0.717) is 16.8 Å². The number of rotatable bonds is 11. The maximum Gasteiger partial charge on any atom is 0.357 e. The summed E-state index contributed by atoms with van der Waals surface area (Å²) in [5.74, 6) is -8.57. The fourth-order valence-corrected chi connectivity index (χ4v) is 9.40. The number of primary amides is 1. The lowest BCUT2D eigenvalue weighted by atomic mass is 9.57. The molecule has 14 nitrogen and oxygen atoms in total. The van der Waals surface area contributed by atoms with Crippen molar-refractivity contribution < 1.29 is 48.4 Å². The van der Waals surface area contributed by atoms with Crippen LogP contribution in [0.1, 0.15) is 50.2 Å². The number of nitrogens with one attached hydrogen (secondary N) is 1. The normalized spacial score (nSPS) is 23.9. The Kier molecular flexibility index (Phi) is 11.0. The average Bonchev–Trinajstić information content (AvgIpc) is 3.02. The third kappa shape index (κ3) is 5.98. The molecule has 1 saturated carbocycles. The van der Waals surface area contributed by atoms with Gasteiger partial charge in [-0.1, -0.05) is 37.8 Å². The van der Waals surface area contributed by atoms with Crippen molar-refractivity contribution in [2.45, 2.75) is 51.5 Å². The fraction of sp³-hybridized carbons (Fsp3) is 0.457. The van der Waals surface area contributed by atoms with Crippen LogP contribution < -0.4 is 16.0 Å². The predicted molar refractivity (Wildman–Crippen MR) is 189 cm³/mol. The number of amides is 1. The molecule has 3 aliphatic carbocycles. The van der Waals surface area contributed by atoms with Gasteiger partial charge in [0.15, 0.2) is 17.2 Å². The molecule has 0 bridgehead atoms. The Morgan fingerprint density at radius 1 is 1.08 bits per heavy atom. The zero-order valence-electron chi connectivity index (χ0n) is 28.3. The van der Waals surface area contributed by atoms with E-state index >= 15 is 0 Å². The number of phenols is 1. The van der Waals surface area contributed by atoms with Gasteiger partial charge in [0.1, 0.15) is 22.8 Å². The van der Waals surface area contributed by atoms with Crippen molar-refractivity contribution in [1.29, 1.82) is 0 Å². The van der Waals surface area contributed by atoms with Crippen LogP contribution in [0.25, 0.3) is 5.76 Å². The molecule has 1 unspecified atom stereocenters. The molecule has 0 aliphatic heterocycles. The van der Waals surface area contributed by atoms with E-state index in [4.69, 9.17) is 14.8 Å². The standard InChI is InChI=1S/C34H43N4O10P.CH4/c1-7-47-49(46,48-8-2)33(17-12-10-9-11-13-17)36-21-16-22(37(3)4)19-14-18-15-20-26(38(5)6)29(41)25(32(35)44)31(43)34(20,45)30(42)23(18)28(40)24(19)27(21)39;/h9-13,16,18,20,26,33,36,39-40,43,45H,7-8,14-15H2,1-6H3,(H2,35,44);1H4/t18-,20-,26-,33?,34-;/m0./s1. The quantitative estimate of drug-likeness (QED) is 0.110. The highest BCUT2D eigenvalue weighted by Crippen LogP contribution is 2.62. The van der Waals surface area contributed by atoms with E-state index in [2.05, 4.69) is 5.32 Å². The van der Waals surface area contributed by atoms with E-state index in [9.17, 15) is 39.4 Å². The smallest absolute Gasteiger partial charge is 0.357 e. The second-order valence-corrected chi connectivity index (χ2v) is 14.9. The van der Waals surface area contributed by atoms with Gasteiger partial charge in [0.25, 0.3) is 5.91 Å². The fourth-order valence-electron chi connectivity index (χ4n) is 7.47. The number of aliphatic hydroxyl groups is 3. The van der Waals surface area contributed by atoms with E-state index in [-0.39, 0.29) is 50.3 Å². The van der Waals surface area contributed by atoms with Gasteiger partial charge < -0.3 is 45.4 Å². The summed E-state index contributed by atoms with van der Waals surface area (Å²) in [4.78, 5) is 43.2. The van der Waals surface area contributed by atoms with Crippen LogP contribution >= 0.6 is 7.60 Å². The average molecular weight is 715 g/mol. The number of phenolic OH excluding ortho intramolecular Hbond substituents is 1. The molecule has 2 aromatic rings. The summed E-state index contributed by atoms with van der Waals surface area (Å²) in [5.41, 5.74) is 2.99. The van der Waals surface area contributed by atoms with E-state index in [1.165, 1.54) is 4.90 Å². The molecular formula is C35H47N4O10P. The number of hydrogen-bond acceptors (Lipinski definition) is 13. The van der Waals surface area contributed by atoms with Crippen LogP contribution in [0.4, 0.5) is 11.4 Å². The largest absolute Gasteiger partial charge is 0.508 e. The van der Waals surface area contributed by atoms with Crippen LogP contribution in [0.15, 0.2) is 53.3 Å². The first-order valence-electron chi connectivity index (χ1n) is 16.0. The van der Waals surface area contributed by atoms with Gasteiger partial charge >= 0.3 is 7.60 Å². The Morgan fingerprint density at radius 2 is 1.68 bits per heavy atom. The van der Waals surface area contributed by atoms with E-state index < -0.39 is 77.2 Å². The Morgan fingerprint density at radius 3 is 2.20 bits per heavy atom. The van der Waals surface area contributed by atoms with E-state index in [1.54, 1.807) is 83.3 Å². The molecule has 2 aromatic carbocycles. The molecule has 0 radical (unpaired) electrons. The maximum atomic E-state index is 14.3. The van der Waals surface area contributed by atoms with Gasteiger partial charge in [0.05, 0.1) is 30.5 Å². The summed E-state index contributed by atoms with van der Waals surface area (Å²) in [6, 6.07) is 9.18. The Balaban J connectivity index is 0.00000562. The number of Topliss-reactive ketones (excluding diaryl/α,β-unsaturated/α-hetero) is 2. The third-order valence-electron chi connectivity index (χ3n) is 9.52. The number of carbonyl (C=O) groups excluding carboxylic acids is 3. The first kappa shape index (κ1) is 38.6. The predicted octanol–water partition coefficient (Wildman–Crippen LogP) is 4.04. The van der Waals surface area contributed by atoms with Crippen molar-refractivity contribution in [2.75, 3.05) is 51.6 Å². The van der Waals surface area contributed by atoms with Gasteiger partial charge in [-0.15, -0.1) is 0 Å². The van der Waals surface area contributed by atoms with Crippen molar-refractivity contribution in [3.63, 3.8) is 0 Å². The molecular weight excluding hydrogens is 667 g/mol. The highest BCUT2D eigenvalue weighted by atomic mass is 31.2. The lowest BCUT2D eigenvalue weighted by Gasteiger charge is -2.50. The lowest BCUT2D eigenvalue weighted by molar-refractivity contribution is -0.153. The van der Waals surface area contributed by atoms with E-state index in [0.717, 1.165) is 0 Å². The van der Waals surface area contributed by atoms with Crippen LogP contribution in [0.2, 0.25) is 0 Å². The van der Waals surface area contributed by atoms with Gasteiger partial charge in [-0.2, -0.15) is 0 Å². The molecule has 0 aromatic heterocycles. The zero-order chi connectivity index (χ0) is 36.2. The molecule has 5 atom stereocenters. The summed E-state index contributed by atoms with van der Waals surface area (Å²) in [5, 5.41) is 49.9. The van der Waals surface area contributed by atoms with Gasteiger partial charge in [-0.3, -0.25) is 23.8 Å². The highest BCUT2D eigenvalue weighted by Gasteiger charge is 2.64. The number of ketones is 2. The lowest BCUT2D eigenvalue weighted by Crippen LogP contribution is -2.65. The summed E-state index contributed by atoms with van der Waals surface area (Å²) in [7, 11) is 2.69. The van der Waals surface area contributed by atoms with E-state index in [1.807, 2.05) is 0 Å². The van der Waals surface area contributed by atoms with Gasteiger partial charge in [0, 0.05) is 31.3 Å². The van der Waals surface area contributed by atoms with Crippen molar-refractivity contribution in [3.8, 4) is 5.75 Å². The molecule has 1 amide bonds. The molecule has 1 fully saturated rings. The van der Waals surface area contributed by atoms with Crippen LogP contribution in [-0.4, -0.2) is 95.8 Å². The first-order chi connectivity index (χ1) is 23.0. The molecule has 5 rings (SSSR count). The van der Waals surface area contributed by atoms with Crippen molar-refractivity contribution >= 4 is 42.2 Å². The Labute approximate surface area is 291 Å². The molecule has 272 valence electrons. The minimum absolute atomic E-state index is 0. The molecule has 7 N–H and O–H groups in total.